The van der Waals surface area contributed by atoms with E-state index in [1.165, 1.54) is 12.1 Å². The minimum absolute atomic E-state index is 0.0293. The number of benzene rings is 2. The lowest BCUT2D eigenvalue weighted by Crippen LogP contribution is -2.48. The first-order chi connectivity index (χ1) is 22.0. The van der Waals surface area contributed by atoms with Crippen molar-refractivity contribution >= 4 is 62.8 Å². The zero-order chi connectivity index (χ0) is 32.6. The van der Waals surface area contributed by atoms with Crippen molar-refractivity contribution in [2.45, 2.75) is 24.2 Å². The Labute approximate surface area is 279 Å². The van der Waals surface area contributed by atoms with Crippen molar-refractivity contribution in [3.8, 4) is 11.8 Å². The second-order valence-electron chi connectivity index (χ2n) is 11.7. The van der Waals surface area contributed by atoms with Crippen molar-refractivity contribution < 1.29 is 14.0 Å². The number of halogens is 2. The van der Waals surface area contributed by atoms with Gasteiger partial charge >= 0.3 is 0 Å². The van der Waals surface area contributed by atoms with E-state index in [0.717, 1.165) is 22.6 Å². The van der Waals surface area contributed by atoms with E-state index in [1.54, 1.807) is 37.5 Å². The summed E-state index contributed by atoms with van der Waals surface area (Å²) in [6.45, 7) is 7.42. The number of nitrogens with one attached hydrogen (secondary N) is 3. The quantitative estimate of drug-likeness (QED) is 0.115. The fraction of sp³-hybridized carbons (Fsp3) is 0.235. The van der Waals surface area contributed by atoms with Crippen LogP contribution in [0.3, 0.4) is 0 Å². The molecule has 6 rings (SSSR count). The van der Waals surface area contributed by atoms with Gasteiger partial charge in [0.2, 0.25) is 5.91 Å². The molecule has 5 aromatic rings. The van der Waals surface area contributed by atoms with E-state index in [2.05, 4.69) is 74.1 Å². The van der Waals surface area contributed by atoms with E-state index in [-0.39, 0.29) is 21.4 Å². The van der Waals surface area contributed by atoms with Crippen molar-refractivity contribution in [1.29, 1.82) is 0 Å². The lowest BCUT2D eigenvalue weighted by Gasteiger charge is -2.34. The Morgan fingerprint density at radius 3 is 2.67 bits per heavy atom. The lowest BCUT2D eigenvalue weighted by molar-refractivity contribution is -0.129. The molecular formula is C34H32FIN8O2. The Hall–Kier alpha value is -4.90. The molecule has 1 fully saturated rings. The Balaban J connectivity index is 1.28. The maximum Gasteiger partial charge on any atom is 0.258 e. The number of carbonyl (C=O) groups excluding carboxylic acids is 2. The molecule has 0 radical (unpaired) electrons. The van der Waals surface area contributed by atoms with Gasteiger partial charge in [-0.15, -0.1) is 0 Å². The van der Waals surface area contributed by atoms with E-state index >= 15 is 4.39 Å². The van der Waals surface area contributed by atoms with Gasteiger partial charge in [0, 0.05) is 52.9 Å². The van der Waals surface area contributed by atoms with Gasteiger partial charge in [0.25, 0.3) is 5.91 Å². The average Bonchev–Trinajstić information content (AvgIpc) is 3.68. The fourth-order valence-electron chi connectivity index (χ4n) is 5.17. The van der Waals surface area contributed by atoms with E-state index in [4.69, 9.17) is 0 Å². The number of H-pyrrole nitrogens is 1. The highest BCUT2D eigenvalue weighted by Crippen LogP contribution is 2.36. The number of rotatable bonds is 6. The molecule has 12 heteroatoms. The standard InChI is InChI=1S/C34H32FIN8O2/c1-21-12-29(35)28(13-22(21)7-8-26-19-37-32-30(6-5-9-44(26)32)40-25-17-38-39-18-25)33(46)41-24-14-23(34(2,3)36)15-27(16-24)43-11-10-42(4)31(45)20-43/h5-6,9,12-19,40H,10-11,20H2,1-4H3,(H,38,39)(H,41,46). The van der Waals surface area contributed by atoms with Crippen LogP contribution in [-0.2, 0) is 8.22 Å². The molecule has 0 atom stereocenters. The zero-order valence-corrected chi connectivity index (χ0v) is 27.9. The van der Waals surface area contributed by atoms with Crippen LogP contribution in [0.2, 0.25) is 0 Å². The van der Waals surface area contributed by atoms with Crippen molar-refractivity contribution in [3.63, 3.8) is 0 Å². The van der Waals surface area contributed by atoms with Crippen molar-refractivity contribution in [2.24, 2.45) is 0 Å². The molecule has 4 heterocycles. The number of piperazine rings is 1. The minimum Gasteiger partial charge on any atom is -0.360 e. The molecule has 0 saturated carbocycles. The third-order valence-electron chi connectivity index (χ3n) is 7.88. The molecule has 2 amide bonds. The molecule has 0 bridgehead atoms. The molecule has 0 aliphatic carbocycles. The Bertz CT molecular complexity index is 2020. The predicted molar refractivity (Wildman–Crippen MR) is 185 cm³/mol. The molecule has 10 nitrogen and oxygen atoms in total. The number of pyridine rings is 1. The highest BCUT2D eigenvalue weighted by Gasteiger charge is 2.25. The minimum atomic E-state index is -0.638. The average molecular weight is 731 g/mol. The van der Waals surface area contributed by atoms with Crippen molar-refractivity contribution in [1.82, 2.24) is 24.5 Å². The summed E-state index contributed by atoms with van der Waals surface area (Å²) in [4.78, 5) is 34.2. The number of fused-ring (bicyclic) bond motifs is 1. The highest BCUT2D eigenvalue weighted by atomic mass is 127. The topological polar surface area (TPSA) is 111 Å². The molecule has 3 N–H and O–H groups in total. The number of aryl methyl sites for hydroxylation is 1. The number of imidazole rings is 1. The number of hydrogen-bond acceptors (Lipinski definition) is 6. The van der Waals surface area contributed by atoms with Crippen LogP contribution < -0.4 is 15.5 Å². The molecule has 1 aliphatic heterocycles. The Morgan fingerprint density at radius 1 is 1.11 bits per heavy atom. The van der Waals surface area contributed by atoms with E-state index < -0.39 is 11.7 Å². The van der Waals surface area contributed by atoms with Crippen LogP contribution in [0, 0.1) is 24.6 Å². The van der Waals surface area contributed by atoms with Crippen LogP contribution in [0.15, 0.2) is 67.3 Å². The third-order valence-corrected chi connectivity index (χ3v) is 8.50. The third kappa shape index (κ3) is 6.55. The van der Waals surface area contributed by atoms with Gasteiger partial charge in [-0.3, -0.25) is 19.1 Å². The van der Waals surface area contributed by atoms with Crippen LogP contribution in [0.5, 0.6) is 0 Å². The predicted octanol–water partition coefficient (Wildman–Crippen LogP) is 5.85. The molecule has 3 aromatic heterocycles. The normalized spacial score (nSPS) is 13.5. The summed E-state index contributed by atoms with van der Waals surface area (Å²) in [6, 6.07) is 12.4. The Morgan fingerprint density at radius 2 is 1.93 bits per heavy atom. The van der Waals surface area contributed by atoms with E-state index in [0.29, 0.717) is 41.2 Å². The Kier molecular flexibility index (Phi) is 8.43. The number of hydrogen-bond donors (Lipinski definition) is 3. The molecule has 2 aromatic carbocycles. The van der Waals surface area contributed by atoms with Crippen LogP contribution in [0.25, 0.3) is 5.65 Å². The molecule has 234 valence electrons. The van der Waals surface area contributed by atoms with Gasteiger partial charge in [0.05, 0.1) is 35.9 Å². The van der Waals surface area contributed by atoms with Crippen LogP contribution in [-0.4, -0.2) is 63.0 Å². The first kappa shape index (κ1) is 31.1. The van der Waals surface area contributed by atoms with E-state index in [1.807, 2.05) is 45.8 Å². The number of carbonyl (C=O) groups is 2. The molecule has 1 aliphatic rings. The fourth-order valence-corrected chi connectivity index (χ4v) is 5.49. The summed E-state index contributed by atoms with van der Waals surface area (Å²) in [6.07, 6.45) is 6.95. The van der Waals surface area contributed by atoms with Gasteiger partial charge < -0.3 is 20.4 Å². The maximum absolute atomic E-state index is 15.2. The van der Waals surface area contributed by atoms with E-state index in [9.17, 15) is 9.59 Å². The second kappa shape index (κ2) is 12.5. The van der Waals surface area contributed by atoms with Crippen LogP contribution >= 0.6 is 22.6 Å². The molecule has 46 heavy (non-hydrogen) atoms. The zero-order valence-electron chi connectivity index (χ0n) is 25.8. The highest BCUT2D eigenvalue weighted by molar-refractivity contribution is 14.1. The van der Waals surface area contributed by atoms with Crippen LogP contribution in [0.1, 0.15) is 46.6 Å². The van der Waals surface area contributed by atoms with Crippen molar-refractivity contribution in [2.75, 3.05) is 42.2 Å². The molecule has 0 spiro atoms. The van der Waals surface area contributed by atoms with Gasteiger partial charge in [0.15, 0.2) is 5.65 Å². The summed E-state index contributed by atoms with van der Waals surface area (Å²) >= 11 is 2.34. The van der Waals surface area contributed by atoms with Gasteiger partial charge in [-0.25, -0.2) is 9.37 Å². The summed E-state index contributed by atoms with van der Waals surface area (Å²) in [7, 11) is 1.79. The van der Waals surface area contributed by atoms with Crippen molar-refractivity contribution in [3.05, 3.63) is 101 Å². The number of likely N-dealkylation sites (N-methyl/N-ethyl adjacent to an activating group) is 1. The number of alkyl halides is 1. The maximum atomic E-state index is 15.2. The number of aromatic nitrogens is 4. The number of amides is 2. The SMILES string of the molecule is Cc1cc(F)c(C(=O)Nc2cc(N3CCN(C)C(=O)C3)cc(C(C)(C)I)c2)cc1C#Cc1cnc2c(Nc3cn[nH]c3)cccn12. The summed E-state index contributed by atoms with van der Waals surface area (Å²) in [5.41, 5.74) is 6.22. The number of nitrogens with zero attached hydrogens (tertiary/aromatic N) is 5. The first-order valence-electron chi connectivity index (χ1n) is 14.6. The molecule has 0 unspecified atom stereocenters. The summed E-state index contributed by atoms with van der Waals surface area (Å²) in [5.74, 6) is 5.05. The number of aromatic amines is 1. The smallest absolute Gasteiger partial charge is 0.258 e. The van der Waals surface area contributed by atoms with Gasteiger partial charge in [0.1, 0.15) is 11.5 Å². The first-order valence-corrected chi connectivity index (χ1v) is 15.7. The molecular weight excluding hydrogens is 698 g/mol. The lowest BCUT2D eigenvalue weighted by atomic mass is 10.0. The number of anilines is 4. The summed E-state index contributed by atoms with van der Waals surface area (Å²) in [5, 5.41) is 12.9. The van der Waals surface area contributed by atoms with Gasteiger partial charge in [-0.1, -0.05) is 28.5 Å². The monoisotopic (exact) mass is 730 g/mol. The molecule has 1 saturated heterocycles. The van der Waals surface area contributed by atoms with Crippen LogP contribution in [0.4, 0.5) is 27.1 Å². The summed E-state index contributed by atoms with van der Waals surface area (Å²) < 4.78 is 16.8. The van der Waals surface area contributed by atoms with Gasteiger partial charge in [-0.2, -0.15) is 5.10 Å². The largest absolute Gasteiger partial charge is 0.360 e. The van der Waals surface area contributed by atoms with Gasteiger partial charge in [-0.05, 0) is 80.3 Å². The second-order valence-corrected chi connectivity index (χ2v) is 14.4.